The molecule has 1 aromatic rings. The quantitative estimate of drug-likeness (QED) is 0.737. The molecule has 22 heavy (non-hydrogen) atoms. The fraction of sp³-hybridized carbons (Fsp3) is 0.385. The Bertz CT molecular complexity index is 675. The van der Waals surface area contributed by atoms with E-state index in [0.717, 1.165) is 4.31 Å². The van der Waals surface area contributed by atoms with Gasteiger partial charge in [-0.1, -0.05) is 6.92 Å². The van der Waals surface area contributed by atoms with Crippen LogP contribution in [0.4, 0.5) is 5.69 Å². The number of amides is 1. The van der Waals surface area contributed by atoms with Crippen molar-refractivity contribution >= 4 is 43.5 Å². The van der Waals surface area contributed by atoms with E-state index in [4.69, 9.17) is 5.11 Å². The summed E-state index contributed by atoms with van der Waals surface area (Å²) in [4.78, 5) is 21.8. The van der Waals surface area contributed by atoms with E-state index in [1.807, 2.05) is 0 Å². The van der Waals surface area contributed by atoms with Crippen LogP contribution in [0, 0.1) is 0 Å². The van der Waals surface area contributed by atoms with Crippen LogP contribution >= 0.6 is 15.9 Å². The molecule has 2 N–H and O–H groups in total. The Hall–Kier alpha value is -1.45. The number of carbonyl (C=O) groups is 2. The number of hydrogen-bond donors (Lipinski definition) is 2. The molecule has 1 rings (SSSR count). The summed E-state index contributed by atoms with van der Waals surface area (Å²) in [6.07, 6.45) is 0.498. The minimum Gasteiger partial charge on any atom is -0.480 e. The maximum atomic E-state index is 12.5. The molecular weight excluding hydrogens is 376 g/mol. The van der Waals surface area contributed by atoms with Crippen LogP contribution in [0.3, 0.4) is 0 Å². The minimum absolute atomic E-state index is 0.0387. The monoisotopic (exact) mass is 392 g/mol. The second-order valence-electron chi connectivity index (χ2n) is 4.56. The smallest absolute Gasteiger partial charge is 0.318 e. The van der Waals surface area contributed by atoms with Gasteiger partial charge >= 0.3 is 5.97 Å². The number of carbonyl (C=O) groups excluding carboxylic acids is 1. The third-order valence-electron chi connectivity index (χ3n) is 2.67. The average Bonchev–Trinajstić information content (AvgIpc) is 2.39. The van der Waals surface area contributed by atoms with Gasteiger partial charge in [-0.05, 0) is 40.5 Å². The van der Waals surface area contributed by atoms with Crippen LogP contribution in [0.5, 0.6) is 0 Å². The molecule has 0 aliphatic rings. The lowest BCUT2D eigenvalue weighted by Crippen LogP contribution is -2.36. The summed E-state index contributed by atoms with van der Waals surface area (Å²) in [5, 5.41) is 11.4. The molecule has 0 aliphatic heterocycles. The van der Waals surface area contributed by atoms with E-state index in [1.165, 1.54) is 25.1 Å². The van der Waals surface area contributed by atoms with Gasteiger partial charge in [0.2, 0.25) is 15.9 Å². The number of carboxylic acids is 1. The van der Waals surface area contributed by atoms with E-state index in [2.05, 4.69) is 21.2 Å². The summed E-state index contributed by atoms with van der Waals surface area (Å²) >= 11 is 3.19. The molecule has 0 fully saturated rings. The molecule has 0 unspecified atom stereocenters. The first kappa shape index (κ1) is 18.6. The van der Waals surface area contributed by atoms with Crippen LogP contribution in [0.1, 0.15) is 20.3 Å². The topological polar surface area (TPSA) is 104 Å². The molecule has 0 saturated heterocycles. The van der Waals surface area contributed by atoms with Gasteiger partial charge in [-0.25, -0.2) is 8.42 Å². The van der Waals surface area contributed by atoms with Gasteiger partial charge < -0.3 is 10.4 Å². The lowest BCUT2D eigenvalue weighted by atomic mass is 10.3. The Kier molecular flexibility index (Phi) is 6.51. The second-order valence-corrected chi connectivity index (χ2v) is 7.35. The number of carboxylic acid groups (broad SMARTS) is 1. The van der Waals surface area contributed by atoms with E-state index in [9.17, 15) is 18.0 Å². The van der Waals surface area contributed by atoms with Crippen molar-refractivity contribution in [3.63, 3.8) is 0 Å². The molecule has 0 aliphatic carbocycles. The number of aliphatic carboxylic acids is 1. The maximum absolute atomic E-state index is 12.5. The standard InChI is InChI=1S/C13H17BrN2O5S/c1-3-6-16(8-13(18)19)22(20,21)10-4-5-12(11(14)7-10)15-9(2)17/h4-5,7H,3,6,8H2,1-2H3,(H,15,17)(H,18,19). The van der Waals surface area contributed by atoms with Crippen LogP contribution in [0.25, 0.3) is 0 Å². The molecule has 0 aromatic heterocycles. The average molecular weight is 393 g/mol. The molecule has 0 spiro atoms. The fourth-order valence-electron chi connectivity index (χ4n) is 1.78. The zero-order chi connectivity index (χ0) is 16.9. The SMILES string of the molecule is CCCN(CC(=O)O)S(=O)(=O)c1ccc(NC(C)=O)c(Br)c1. The number of anilines is 1. The Morgan fingerprint density at radius 2 is 2.00 bits per heavy atom. The summed E-state index contributed by atoms with van der Waals surface area (Å²) in [6, 6.07) is 4.12. The largest absolute Gasteiger partial charge is 0.480 e. The molecule has 1 aromatic carbocycles. The number of nitrogens with zero attached hydrogens (tertiary/aromatic N) is 1. The van der Waals surface area contributed by atoms with Crippen LogP contribution in [-0.2, 0) is 19.6 Å². The van der Waals surface area contributed by atoms with Crippen molar-refractivity contribution in [2.45, 2.75) is 25.2 Å². The van der Waals surface area contributed by atoms with Gasteiger partial charge in [-0.15, -0.1) is 0 Å². The van der Waals surface area contributed by atoms with E-state index >= 15 is 0 Å². The number of halogens is 1. The molecule has 0 atom stereocenters. The van der Waals surface area contributed by atoms with Gasteiger partial charge in [0.1, 0.15) is 6.54 Å². The summed E-state index contributed by atoms with van der Waals surface area (Å²) in [5.41, 5.74) is 0.437. The molecule has 7 nitrogen and oxygen atoms in total. The predicted molar refractivity (Wildman–Crippen MR) is 85.1 cm³/mol. The molecule has 9 heteroatoms. The summed E-state index contributed by atoms with van der Waals surface area (Å²) in [7, 11) is -3.92. The highest BCUT2D eigenvalue weighted by atomic mass is 79.9. The summed E-state index contributed by atoms with van der Waals surface area (Å²) in [6.45, 7) is 2.62. The van der Waals surface area contributed by atoms with Gasteiger partial charge in [0, 0.05) is 17.9 Å². The van der Waals surface area contributed by atoms with Crippen molar-refractivity contribution in [2.75, 3.05) is 18.4 Å². The number of benzene rings is 1. The Morgan fingerprint density at radius 1 is 1.36 bits per heavy atom. The van der Waals surface area contributed by atoms with E-state index in [-0.39, 0.29) is 17.3 Å². The van der Waals surface area contributed by atoms with Gasteiger partial charge in [0.15, 0.2) is 0 Å². The Morgan fingerprint density at radius 3 is 2.45 bits per heavy atom. The third kappa shape index (κ3) is 4.79. The normalized spacial score (nSPS) is 11.5. The Balaban J connectivity index is 3.18. The molecule has 0 heterocycles. The fourth-order valence-corrected chi connectivity index (χ4v) is 3.92. The number of nitrogens with one attached hydrogen (secondary N) is 1. The van der Waals surface area contributed by atoms with Gasteiger partial charge in [0.25, 0.3) is 0 Å². The summed E-state index contributed by atoms with van der Waals surface area (Å²) in [5.74, 6) is -1.50. The molecule has 1 amide bonds. The highest BCUT2D eigenvalue weighted by Crippen LogP contribution is 2.27. The highest BCUT2D eigenvalue weighted by molar-refractivity contribution is 9.10. The number of hydrogen-bond acceptors (Lipinski definition) is 4. The first-order valence-corrected chi connectivity index (χ1v) is 8.71. The van der Waals surface area contributed by atoms with Gasteiger partial charge in [-0.3, -0.25) is 9.59 Å². The lowest BCUT2D eigenvalue weighted by Gasteiger charge is -2.20. The first-order chi connectivity index (χ1) is 10.2. The van der Waals surface area contributed by atoms with Crippen molar-refractivity contribution in [1.82, 2.24) is 4.31 Å². The maximum Gasteiger partial charge on any atom is 0.318 e. The predicted octanol–water partition coefficient (Wildman–Crippen LogP) is 1.89. The Labute approximate surface area is 137 Å². The number of sulfonamides is 1. The van der Waals surface area contributed by atoms with Crippen LogP contribution in [0.2, 0.25) is 0 Å². The van der Waals surface area contributed by atoms with Crippen LogP contribution in [0.15, 0.2) is 27.6 Å². The van der Waals surface area contributed by atoms with E-state index in [1.54, 1.807) is 6.92 Å². The lowest BCUT2D eigenvalue weighted by molar-refractivity contribution is -0.137. The van der Waals surface area contributed by atoms with Crippen molar-refractivity contribution in [3.8, 4) is 0 Å². The third-order valence-corrected chi connectivity index (χ3v) is 5.17. The van der Waals surface area contributed by atoms with Gasteiger partial charge in [0.05, 0.1) is 10.6 Å². The van der Waals surface area contributed by atoms with E-state index < -0.39 is 22.5 Å². The van der Waals surface area contributed by atoms with Crippen molar-refractivity contribution < 1.29 is 23.1 Å². The summed E-state index contributed by atoms with van der Waals surface area (Å²) < 4.78 is 26.3. The van der Waals surface area contributed by atoms with Crippen molar-refractivity contribution in [3.05, 3.63) is 22.7 Å². The zero-order valence-corrected chi connectivity index (χ0v) is 14.6. The van der Waals surface area contributed by atoms with Crippen molar-refractivity contribution in [1.29, 1.82) is 0 Å². The minimum atomic E-state index is -3.92. The number of rotatable bonds is 7. The van der Waals surface area contributed by atoms with Crippen LogP contribution in [-0.4, -0.2) is 42.8 Å². The molecule has 0 saturated carbocycles. The van der Waals surface area contributed by atoms with Gasteiger partial charge in [-0.2, -0.15) is 4.31 Å². The van der Waals surface area contributed by atoms with Crippen LogP contribution < -0.4 is 5.32 Å². The molecule has 122 valence electrons. The zero-order valence-electron chi connectivity index (χ0n) is 12.2. The molecule has 0 bridgehead atoms. The molecule has 0 radical (unpaired) electrons. The van der Waals surface area contributed by atoms with Crippen molar-refractivity contribution in [2.24, 2.45) is 0 Å². The first-order valence-electron chi connectivity index (χ1n) is 6.47. The second kappa shape index (κ2) is 7.70. The van der Waals surface area contributed by atoms with E-state index in [0.29, 0.717) is 16.6 Å². The molecular formula is C13H17BrN2O5S. The highest BCUT2D eigenvalue weighted by Gasteiger charge is 2.26.